The Labute approximate surface area is 139 Å². The molecule has 3 fully saturated rings. The molecule has 0 aromatic heterocycles. The lowest BCUT2D eigenvalue weighted by molar-refractivity contribution is -0.134. The highest BCUT2D eigenvalue weighted by Gasteiger charge is 2.37. The van der Waals surface area contributed by atoms with E-state index in [0.717, 1.165) is 26.2 Å². The van der Waals surface area contributed by atoms with Crippen molar-refractivity contribution in [1.29, 1.82) is 0 Å². The number of sulfone groups is 1. The largest absolute Gasteiger partial charge is 0.381 e. The lowest BCUT2D eigenvalue weighted by Crippen LogP contribution is -2.47. The van der Waals surface area contributed by atoms with Crippen LogP contribution in [0.4, 0.5) is 0 Å². The molecular formula is C16H28N2O4S. The Hall–Kier alpha value is -0.660. The molecule has 3 aliphatic rings. The van der Waals surface area contributed by atoms with Crippen LogP contribution in [0.25, 0.3) is 0 Å². The molecule has 0 bridgehead atoms. The van der Waals surface area contributed by atoms with E-state index in [9.17, 15) is 13.2 Å². The van der Waals surface area contributed by atoms with E-state index in [2.05, 4.69) is 4.90 Å². The zero-order valence-corrected chi connectivity index (χ0v) is 14.8. The molecule has 0 unspecified atom stereocenters. The van der Waals surface area contributed by atoms with Crippen molar-refractivity contribution in [2.24, 2.45) is 5.92 Å². The maximum Gasteiger partial charge on any atom is 0.237 e. The summed E-state index contributed by atoms with van der Waals surface area (Å²) in [4.78, 5) is 16.8. The average molecular weight is 344 g/mol. The van der Waals surface area contributed by atoms with Crippen molar-refractivity contribution in [3.8, 4) is 0 Å². The fourth-order valence-electron chi connectivity index (χ4n) is 3.77. The highest BCUT2D eigenvalue weighted by atomic mass is 32.2. The Morgan fingerprint density at radius 3 is 2.48 bits per heavy atom. The van der Waals surface area contributed by atoms with E-state index in [0.29, 0.717) is 31.5 Å². The molecule has 6 nitrogen and oxygen atoms in total. The molecule has 0 spiro atoms. The molecule has 0 radical (unpaired) electrons. The molecule has 2 atom stereocenters. The van der Waals surface area contributed by atoms with Gasteiger partial charge in [0.25, 0.3) is 0 Å². The molecule has 0 aromatic rings. The van der Waals surface area contributed by atoms with Gasteiger partial charge in [-0.25, -0.2) is 8.42 Å². The van der Waals surface area contributed by atoms with Crippen molar-refractivity contribution in [2.75, 3.05) is 44.4 Å². The summed E-state index contributed by atoms with van der Waals surface area (Å²) in [6.45, 7) is 5.51. The van der Waals surface area contributed by atoms with Crippen LogP contribution in [0, 0.1) is 5.92 Å². The average Bonchev–Trinajstić information content (AvgIpc) is 3.11. The maximum absolute atomic E-state index is 12.7. The second kappa shape index (κ2) is 7.07. The number of amides is 1. The monoisotopic (exact) mass is 344 g/mol. The van der Waals surface area contributed by atoms with E-state index in [1.54, 1.807) is 4.90 Å². The maximum atomic E-state index is 12.7. The van der Waals surface area contributed by atoms with Crippen LogP contribution in [0.1, 0.15) is 32.6 Å². The highest BCUT2D eigenvalue weighted by Crippen LogP contribution is 2.29. The molecule has 3 rings (SSSR count). The minimum Gasteiger partial charge on any atom is -0.381 e. The quantitative estimate of drug-likeness (QED) is 0.674. The van der Waals surface area contributed by atoms with E-state index < -0.39 is 9.84 Å². The molecule has 7 heteroatoms. The zero-order chi connectivity index (χ0) is 16.4. The van der Waals surface area contributed by atoms with Crippen molar-refractivity contribution in [3.63, 3.8) is 0 Å². The number of hydrogen-bond acceptors (Lipinski definition) is 5. The van der Waals surface area contributed by atoms with Crippen LogP contribution in [-0.2, 0) is 19.4 Å². The molecule has 1 saturated carbocycles. The second-order valence-electron chi connectivity index (χ2n) is 7.13. The lowest BCUT2D eigenvalue weighted by Gasteiger charge is -2.31. The van der Waals surface area contributed by atoms with E-state index in [4.69, 9.17) is 4.74 Å². The summed E-state index contributed by atoms with van der Waals surface area (Å²) in [5.74, 6) is 0.963. The molecule has 23 heavy (non-hydrogen) atoms. The first-order valence-electron chi connectivity index (χ1n) is 8.80. The first-order chi connectivity index (χ1) is 11.0. The molecule has 2 saturated heterocycles. The predicted octanol–water partition coefficient (Wildman–Crippen LogP) is 0.523. The summed E-state index contributed by atoms with van der Waals surface area (Å²) < 4.78 is 28.8. The minimum atomic E-state index is -2.96. The van der Waals surface area contributed by atoms with Crippen molar-refractivity contribution < 1.29 is 17.9 Å². The Kier molecular flexibility index (Phi) is 5.28. The number of carbonyl (C=O) groups excluding carboxylic acids is 1. The van der Waals surface area contributed by atoms with Crippen LogP contribution in [0.5, 0.6) is 0 Å². The molecule has 1 amide bonds. The molecule has 1 aliphatic carbocycles. The van der Waals surface area contributed by atoms with Gasteiger partial charge < -0.3 is 9.64 Å². The summed E-state index contributed by atoms with van der Waals surface area (Å²) in [7, 11) is -2.96. The fraction of sp³-hybridized carbons (Fsp3) is 0.938. The van der Waals surface area contributed by atoms with Gasteiger partial charge in [-0.1, -0.05) is 0 Å². The molecule has 2 aliphatic heterocycles. The van der Waals surface area contributed by atoms with Gasteiger partial charge in [-0.05, 0) is 38.5 Å². The standard InChI is InChI=1S/C16H28N2O4S/c1-2-18(15-6-8-23(20,21)12-15)16(19)10-17(14-3-4-14)9-13-5-7-22-11-13/h13-15H,2-12H2,1H3/t13-,15+/m1/s1. The Morgan fingerprint density at radius 1 is 1.17 bits per heavy atom. The van der Waals surface area contributed by atoms with Crippen LogP contribution in [0.2, 0.25) is 0 Å². The van der Waals surface area contributed by atoms with Crippen LogP contribution < -0.4 is 0 Å². The van der Waals surface area contributed by atoms with Gasteiger partial charge in [-0.15, -0.1) is 0 Å². The van der Waals surface area contributed by atoms with Crippen molar-refractivity contribution >= 4 is 15.7 Å². The first-order valence-corrected chi connectivity index (χ1v) is 10.6. The van der Waals surface area contributed by atoms with Gasteiger partial charge in [0.15, 0.2) is 9.84 Å². The van der Waals surface area contributed by atoms with Crippen molar-refractivity contribution in [3.05, 3.63) is 0 Å². The SMILES string of the molecule is CCN(C(=O)CN(C[C@H]1CCOC1)C1CC1)[C@H]1CCS(=O)(=O)C1. The van der Waals surface area contributed by atoms with Gasteiger partial charge in [0, 0.05) is 31.8 Å². The number of likely N-dealkylation sites (N-methyl/N-ethyl adjacent to an activating group) is 1. The van der Waals surface area contributed by atoms with E-state index in [-0.39, 0.29) is 23.5 Å². The molecule has 2 heterocycles. The third-order valence-corrected chi connectivity index (χ3v) is 6.98. The van der Waals surface area contributed by atoms with Crippen molar-refractivity contribution in [2.45, 2.75) is 44.7 Å². The smallest absolute Gasteiger partial charge is 0.237 e. The third kappa shape index (κ3) is 4.45. The fourth-order valence-corrected chi connectivity index (χ4v) is 5.50. The summed E-state index contributed by atoms with van der Waals surface area (Å²) in [6, 6.07) is 0.402. The van der Waals surface area contributed by atoms with Gasteiger partial charge >= 0.3 is 0 Å². The lowest BCUT2D eigenvalue weighted by atomic mass is 10.1. The summed E-state index contributed by atoms with van der Waals surface area (Å²) in [6.07, 6.45) is 4.01. The second-order valence-corrected chi connectivity index (χ2v) is 9.36. The normalized spacial score (nSPS) is 30.0. The third-order valence-electron chi connectivity index (χ3n) is 5.23. The number of rotatable bonds is 7. The van der Waals surface area contributed by atoms with Gasteiger partial charge in [-0.2, -0.15) is 0 Å². The zero-order valence-electron chi connectivity index (χ0n) is 13.9. The van der Waals surface area contributed by atoms with Gasteiger partial charge in [0.2, 0.25) is 5.91 Å². The van der Waals surface area contributed by atoms with Gasteiger partial charge in [0.05, 0.1) is 24.7 Å². The number of nitrogens with zero attached hydrogens (tertiary/aromatic N) is 2. The highest BCUT2D eigenvalue weighted by molar-refractivity contribution is 7.91. The van der Waals surface area contributed by atoms with E-state index >= 15 is 0 Å². The minimum absolute atomic E-state index is 0.0837. The number of carbonyl (C=O) groups is 1. The topological polar surface area (TPSA) is 66.9 Å². The number of hydrogen-bond donors (Lipinski definition) is 0. The van der Waals surface area contributed by atoms with Crippen LogP contribution in [0.3, 0.4) is 0 Å². The first kappa shape index (κ1) is 17.2. The van der Waals surface area contributed by atoms with Gasteiger partial charge in [0.1, 0.15) is 0 Å². The summed E-state index contributed by atoms with van der Waals surface area (Å²) in [5.41, 5.74) is 0. The predicted molar refractivity (Wildman–Crippen MR) is 88.0 cm³/mol. The van der Waals surface area contributed by atoms with Crippen molar-refractivity contribution in [1.82, 2.24) is 9.80 Å². The molecule has 132 valence electrons. The molecule has 0 N–H and O–H groups in total. The van der Waals surface area contributed by atoms with Crippen LogP contribution in [0.15, 0.2) is 0 Å². The van der Waals surface area contributed by atoms with E-state index in [1.165, 1.54) is 12.8 Å². The Balaban J connectivity index is 1.58. The van der Waals surface area contributed by atoms with E-state index in [1.807, 2.05) is 6.92 Å². The van der Waals surface area contributed by atoms with Crippen LogP contribution >= 0.6 is 0 Å². The Morgan fingerprint density at radius 2 is 1.96 bits per heavy atom. The molecular weight excluding hydrogens is 316 g/mol. The molecule has 0 aromatic carbocycles. The number of ether oxygens (including phenoxy) is 1. The summed E-state index contributed by atoms with van der Waals surface area (Å²) >= 11 is 0. The van der Waals surface area contributed by atoms with Crippen LogP contribution in [-0.4, -0.2) is 80.6 Å². The Bertz CT molecular complexity index is 526. The summed E-state index contributed by atoms with van der Waals surface area (Å²) in [5, 5.41) is 0. The van der Waals surface area contributed by atoms with Gasteiger partial charge in [-0.3, -0.25) is 9.69 Å².